The zero-order chi connectivity index (χ0) is 70.9. The average Bonchev–Trinajstić information content (AvgIpc) is 0.801. The first-order valence-corrected chi connectivity index (χ1v) is 32.4. The van der Waals surface area contributed by atoms with Crippen LogP contribution in [0.5, 0.6) is 0 Å². The summed E-state index contributed by atoms with van der Waals surface area (Å²) in [6, 6.07) is 28.3. The van der Waals surface area contributed by atoms with E-state index >= 15 is 0 Å². The quantitative estimate of drug-likeness (QED) is 0.0410. The molecule has 6 aromatic rings. The number of nitrogens with two attached hydrogens (primary N) is 1. The van der Waals surface area contributed by atoms with E-state index in [2.05, 4.69) is 78.8 Å². The maximum Gasteiger partial charge on any atom is 0.417 e. The molecule has 4 aliphatic rings. The summed E-state index contributed by atoms with van der Waals surface area (Å²) in [6.07, 6.45) is -8.44. The van der Waals surface area contributed by atoms with Gasteiger partial charge in [-0.3, -0.25) is 38.6 Å². The molecule has 6 heterocycles. The molecule has 4 saturated heterocycles. The molecule has 0 aliphatic carbocycles. The number of nitrogens with zero attached hydrogens (tertiary/aromatic N) is 7. The number of likely N-dealkylation sites (N-methyl/N-ethyl adjacent to an activating group) is 2. The molecule has 10 rings (SSSR count). The number of aliphatic carboxylic acids is 1. The molecule has 0 spiro atoms. The number of rotatable bonds is 17. The average molecular weight is 1370 g/mol. The van der Waals surface area contributed by atoms with Crippen LogP contribution in [0.3, 0.4) is 0 Å². The van der Waals surface area contributed by atoms with Crippen molar-refractivity contribution in [3.8, 4) is 22.3 Å². The van der Waals surface area contributed by atoms with Crippen LogP contribution < -0.4 is 47.9 Å². The predicted octanol–water partition coefficient (Wildman–Crippen LogP) is 7.51. The van der Waals surface area contributed by atoms with Crippen LogP contribution in [0, 0.1) is 0 Å². The number of pyridine rings is 2. The van der Waals surface area contributed by atoms with Crippen LogP contribution in [0.4, 0.5) is 53.9 Å². The number of amides is 4. The molecule has 0 radical (unpaired) electrons. The van der Waals surface area contributed by atoms with E-state index in [0.29, 0.717) is 88.0 Å². The fourth-order valence-corrected chi connectivity index (χ4v) is 11.6. The number of hydrogen-bond donors (Lipinski definition) is 8. The van der Waals surface area contributed by atoms with Gasteiger partial charge in [0.15, 0.2) is 0 Å². The molecule has 2 aromatic heterocycles. The summed E-state index contributed by atoms with van der Waals surface area (Å²) < 4.78 is 87.1. The van der Waals surface area contributed by atoms with Crippen molar-refractivity contribution in [1.82, 2.24) is 45.1 Å². The van der Waals surface area contributed by atoms with Gasteiger partial charge in [-0.15, -0.1) is 0 Å². The SMILES string of the molecule is CC(C)(C)OC(=O)NCCC(=O)O.CN1CCN(c2ccc(-c3cccc(CN4CCN(C(=O)CCN)CC4)c3)cc2NC(=O)c2c[nH]c(=O)cc2C(F)(F)F)CC1.CN1CCN(c2ccc(-c3cccc(CN4CCNCC4)c3)cc2NC(=O)c2c[nH]c(=O)cc2C(F)(F)F)CC1. The number of carbonyl (C=O) groups is 5. The molecule has 4 fully saturated rings. The number of nitrogens with one attached hydrogen (secondary N) is 6. The van der Waals surface area contributed by atoms with E-state index in [1.165, 1.54) is 0 Å². The number of hydrogen-bond acceptors (Lipinski definition) is 16. The Labute approximate surface area is 564 Å². The van der Waals surface area contributed by atoms with Crippen molar-refractivity contribution in [2.45, 2.75) is 64.7 Å². The zero-order valence-corrected chi connectivity index (χ0v) is 55.6. The number of piperazine rings is 4. The van der Waals surface area contributed by atoms with Crippen molar-refractivity contribution in [3.63, 3.8) is 0 Å². The molecule has 4 amide bonds. The summed E-state index contributed by atoms with van der Waals surface area (Å²) in [5, 5.41) is 19.4. The van der Waals surface area contributed by atoms with Crippen LogP contribution in [0.1, 0.15) is 76.6 Å². The van der Waals surface area contributed by atoms with Gasteiger partial charge in [0, 0.05) is 162 Å². The van der Waals surface area contributed by atoms with Gasteiger partial charge in [-0.2, -0.15) is 26.3 Å². The van der Waals surface area contributed by atoms with Gasteiger partial charge in [-0.05, 0) is 105 Å². The molecular formula is C69H86F6N14O9. The number of benzene rings is 4. The second-order valence-corrected chi connectivity index (χ2v) is 25.4. The molecule has 0 saturated carbocycles. The predicted molar refractivity (Wildman–Crippen MR) is 363 cm³/mol. The Balaban J connectivity index is 0.000000213. The van der Waals surface area contributed by atoms with E-state index < -0.39 is 75.2 Å². The monoisotopic (exact) mass is 1370 g/mol. The molecule has 9 N–H and O–H groups in total. The summed E-state index contributed by atoms with van der Waals surface area (Å²) in [5.74, 6) is -2.78. The zero-order valence-electron chi connectivity index (χ0n) is 55.6. The van der Waals surface area contributed by atoms with Crippen LogP contribution in [0.25, 0.3) is 22.3 Å². The van der Waals surface area contributed by atoms with Gasteiger partial charge < -0.3 is 71.3 Å². The normalized spacial score (nSPS) is 16.0. The number of halogens is 6. The van der Waals surface area contributed by atoms with Crippen LogP contribution in [0.2, 0.25) is 0 Å². The maximum absolute atomic E-state index is 13.7. The molecule has 0 bridgehead atoms. The first-order chi connectivity index (χ1) is 46.5. The van der Waals surface area contributed by atoms with Crippen molar-refractivity contribution in [1.29, 1.82) is 0 Å². The smallest absolute Gasteiger partial charge is 0.417 e. The van der Waals surface area contributed by atoms with Crippen molar-refractivity contribution in [2.75, 3.05) is 152 Å². The Morgan fingerprint density at radius 2 is 0.980 bits per heavy atom. The molecule has 0 unspecified atom stereocenters. The lowest BCUT2D eigenvalue weighted by Crippen LogP contribution is -2.48. The molecule has 4 aromatic carbocycles. The first-order valence-electron chi connectivity index (χ1n) is 32.4. The largest absolute Gasteiger partial charge is 0.481 e. The van der Waals surface area contributed by atoms with Gasteiger partial charge in [0.05, 0.1) is 51.4 Å². The van der Waals surface area contributed by atoms with Gasteiger partial charge in [0.2, 0.25) is 17.0 Å². The molecular weight excluding hydrogens is 1280 g/mol. The topological polar surface area (TPSA) is 277 Å². The number of ether oxygens (including phenoxy) is 1. The first kappa shape index (κ1) is 74.7. The molecule has 98 heavy (non-hydrogen) atoms. The van der Waals surface area contributed by atoms with Crippen molar-refractivity contribution >= 4 is 52.5 Å². The number of aromatic amines is 2. The van der Waals surface area contributed by atoms with Crippen LogP contribution in [-0.4, -0.2) is 207 Å². The Morgan fingerprint density at radius 1 is 0.551 bits per heavy atom. The lowest BCUT2D eigenvalue weighted by molar-refractivity contribution is -0.138. The van der Waals surface area contributed by atoms with E-state index in [-0.39, 0.29) is 18.9 Å². The summed E-state index contributed by atoms with van der Waals surface area (Å²) >= 11 is 0. The number of carbonyl (C=O) groups excluding carboxylic acids is 4. The number of carboxylic acids is 1. The maximum atomic E-state index is 13.7. The number of carboxylic acid groups (broad SMARTS) is 1. The molecule has 29 heteroatoms. The highest BCUT2D eigenvalue weighted by atomic mass is 19.4. The van der Waals surface area contributed by atoms with Gasteiger partial charge in [-0.25, -0.2) is 4.79 Å². The van der Waals surface area contributed by atoms with Gasteiger partial charge >= 0.3 is 24.4 Å². The van der Waals surface area contributed by atoms with E-state index in [1.807, 2.05) is 79.7 Å². The second-order valence-electron chi connectivity index (χ2n) is 25.4. The molecule has 528 valence electrons. The lowest BCUT2D eigenvalue weighted by Gasteiger charge is -2.35. The number of aromatic nitrogens is 2. The van der Waals surface area contributed by atoms with E-state index in [1.54, 1.807) is 26.8 Å². The minimum atomic E-state index is -4.88. The highest BCUT2D eigenvalue weighted by molar-refractivity contribution is 6.08. The Hall–Kier alpha value is -9.13. The lowest BCUT2D eigenvalue weighted by atomic mass is 10.0. The Kier molecular flexibility index (Phi) is 25.8. The fourth-order valence-electron chi connectivity index (χ4n) is 11.6. The van der Waals surface area contributed by atoms with Gasteiger partial charge in [-0.1, -0.05) is 48.5 Å². The number of H-pyrrole nitrogens is 2. The van der Waals surface area contributed by atoms with Crippen LogP contribution >= 0.6 is 0 Å². The minimum absolute atomic E-state index is 0.0808. The Bertz CT molecular complexity index is 3850. The molecule has 4 aliphatic heterocycles. The third kappa shape index (κ3) is 21.9. The summed E-state index contributed by atoms with van der Waals surface area (Å²) in [5.41, 5.74) is 7.20. The van der Waals surface area contributed by atoms with Crippen molar-refractivity contribution < 1.29 is 60.2 Å². The van der Waals surface area contributed by atoms with E-state index in [0.717, 1.165) is 123 Å². The summed E-state index contributed by atoms with van der Waals surface area (Å²) in [6.45, 7) is 19.9. The van der Waals surface area contributed by atoms with E-state index in [4.69, 9.17) is 15.6 Å². The highest BCUT2D eigenvalue weighted by Crippen LogP contribution is 2.38. The number of anilines is 4. The fraction of sp³-hybridized carbons (Fsp3) is 0.435. The van der Waals surface area contributed by atoms with Gasteiger partial charge in [0.1, 0.15) is 5.60 Å². The Morgan fingerprint density at radius 3 is 1.39 bits per heavy atom. The number of alkyl carbamates (subject to hydrolysis) is 1. The third-order valence-electron chi connectivity index (χ3n) is 16.8. The summed E-state index contributed by atoms with van der Waals surface area (Å²) in [7, 11) is 4.05. The second kappa shape index (κ2) is 33.9. The standard InChI is InChI=1S/C32H38F3N7O3.C29H33F3N6O2.C8H15NO4/c1-39-9-13-41(14-10-39)28-6-5-24(18-27(28)38-31(45)25-20-37-29(43)19-26(25)32(33,34)35)23-4-2-3-22(17-23)21-40-11-15-42(16-12-40)30(44)7-8-36;1-36-11-13-38(14-12-36)26-6-5-22(21-4-2-3-20(15-21)19-37-9-7-33-8-10-37)16-25(26)35-28(40)23-18-34-27(39)17-24(23)29(30,31)32;1-8(2,3)13-7(12)9-5-4-6(10)11/h2-6,17-20H,7-16,21,36H2,1H3,(H,37,43)(H,38,45);2-6,15-18,33H,7-14,19H2,1H3,(H,34,39)(H,35,40);4-5H2,1-3H3,(H,9,12)(H,10,11). The highest BCUT2D eigenvalue weighted by Gasteiger charge is 2.38. The van der Waals surface area contributed by atoms with Crippen molar-refractivity contribution in [3.05, 3.63) is 164 Å². The van der Waals surface area contributed by atoms with Crippen molar-refractivity contribution in [2.24, 2.45) is 5.73 Å². The number of alkyl halides is 6. The summed E-state index contributed by atoms with van der Waals surface area (Å²) in [4.78, 5) is 103. The van der Waals surface area contributed by atoms with Crippen LogP contribution in [-0.2, 0) is 39.8 Å². The molecule has 0 atom stereocenters. The minimum Gasteiger partial charge on any atom is -0.481 e. The molecule has 23 nitrogen and oxygen atoms in total. The van der Waals surface area contributed by atoms with Gasteiger partial charge in [0.25, 0.3) is 11.8 Å². The third-order valence-corrected chi connectivity index (χ3v) is 16.8. The van der Waals surface area contributed by atoms with E-state index in [9.17, 15) is 59.9 Å². The van der Waals surface area contributed by atoms with Crippen LogP contribution in [0.15, 0.2) is 119 Å².